The lowest BCUT2D eigenvalue weighted by Crippen LogP contribution is -2.40. The average molecular weight is 692 g/mol. The van der Waals surface area contributed by atoms with Gasteiger partial charge in [-0.2, -0.15) is 18.2 Å². The van der Waals surface area contributed by atoms with E-state index >= 15 is 0 Å². The van der Waals surface area contributed by atoms with E-state index in [1.54, 1.807) is 0 Å². The van der Waals surface area contributed by atoms with Gasteiger partial charge in [-0.05, 0) is 78.2 Å². The maximum absolute atomic E-state index is 14.9. The lowest BCUT2D eigenvalue weighted by molar-refractivity contribution is -0.137. The van der Waals surface area contributed by atoms with Crippen LogP contribution in [-0.2, 0) is 42.5 Å². The fourth-order valence-electron chi connectivity index (χ4n) is 4.73. The van der Waals surface area contributed by atoms with Gasteiger partial charge in [-0.1, -0.05) is 81.1 Å². The van der Waals surface area contributed by atoms with Gasteiger partial charge >= 0.3 is 6.18 Å². The summed E-state index contributed by atoms with van der Waals surface area (Å²) in [6, 6.07) is 14.9. The number of carbonyl (C=O) groups is 1. The summed E-state index contributed by atoms with van der Waals surface area (Å²) in [5, 5.41) is -0.665. The Morgan fingerprint density at radius 1 is 0.979 bits per heavy atom. The fraction of sp³-hybridized carbons (Fsp3) is 0.378. The summed E-state index contributed by atoms with van der Waals surface area (Å²) in [6.45, 7) is -7.08. The predicted molar refractivity (Wildman–Crippen MR) is 181 cm³/mol. The zero-order valence-corrected chi connectivity index (χ0v) is 27.1. The van der Waals surface area contributed by atoms with Crippen LogP contribution in [0.1, 0.15) is 63.8 Å². The third kappa shape index (κ3) is 8.73. The van der Waals surface area contributed by atoms with E-state index in [-0.39, 0.29) is 29.3 Å². The molecule has 1 aliphatic carbocycles. The molecule has 0 fully saturated rings. The summed E-state index contributed by atoms with van der Waals surface area (Å²) < 4.78 is 153. The second-order valence-electron chi connectivity index (χ2n) is 10.7. The van der Waals surface area contributed by atoms with Crippen LogP contribution in [0.2, 0.25) is 0 Å². The van der Waals surface area contributed by atoms with E-state index in [9.17, 15) is 32.6 Å². The number of rotatable bonds is 13. The lowest BCUT2D eigenvalue weighted by Gasteiger charge is -2.28. The van der Waals surface area contributed by atoms with Gasteiger partial charge in [-0.25, -0.2) is 4.39 Å². The van der Waals surface area contributed by atoms with E-state index in [2.05, 4.69) is 4.98 Å². The number of hydrogen-bond donors (Lipinski definition) is 0. The minimum absolute atomic E-state index is 0.0571. The zero-order chi connectivity index (χ0) is 44.3. The van der Waals surface area contributed by atoms with Gasteiger partial charge in [0.1, 0.15) is 12.3 Å². The van der Waals surface area contributed by atoms with E-state index < -0.39 is 90.1 Å². The Kier molecular flexibility index (Phi) is 7.56. The van der Waals surface area contributed by atoms with Crippen molar-refractivity contribution in [2.24, 2.45) is 5.89 Å². The van der Waals surface area contributed by atoms with Crippen LogP contribution in [0.25, 0.3) is 11.1 Å². The molecule has 48 heavy (non-hydrogen) atoms. The average Bonchev–Trinajstić information content (AvgIpc) is 3.26. The molecule has 254 valence electrons. The van der Waals surface area contributed by atoms with Crippen LogP contribution in [0, 0.1) is 11.7 Å². The summed E-state index contributed by atoms with van der Waals surface area (Å²) in [7, 11) is 0. The number of amides is 1. The SMILES string of the molecule is [2H]C([2H])(C(=O)N(Cc1ccc(-c2ccc(C(F)(F)F)cc2)cc1)C([2H])([2H])C([2H])([2H])N(CC)CC)n1c(SCc2ccc(F)cc2)nc(=O)c2c1C([2H])([2H])C([2H])(C)C2([2H])[2H]. The number of likely N-dealkylation sites (N-methyl/N-ethyl adjacent to an activating group) is 1. The van der Waals surface area contributed by atoms with Crippen LogP contribution in [0.5, 0.6) is 0 Å². The standard InChI is InChI=1S/C37H40F4N4O2S/c1-4-43(5-2)18-19-44(22-26-6-10-28(11-7-26)29-12-14-30(15-13-29)37(39,40)41)34(46)23-45-33-21-25(3)20-32(33)35(47)42-36(45)48-24-27-8-16-31(38)17-9-27/h6-17,25H,4-5,18-24H2,1-3H3/i18D2,19D2,20D2,21D2,23D2,25D. The van der Waals surface area contributed by atoms with Crippen molar-refractivity contribution < 1.29 is 37.4 Å². The van der Waals surface area contributed by atoms with Gasteiger partial charge in [0.2, 0.25) is 5.91 Å². The first-order chi connectivity index (χ1) is 27.1. The van der Waals surface area contributed by atoms with Crippen LogP contribution in [0.4, 0.5) is 17.6 Å². The molecule has 0 N–H and O–H groups in total. The Hall–Kier alpha value is -3.96. The van der Waals surface area contributed by atoms with Crippen molar-refractivity contribution >= 4 is 17.7 Å². The van der Waals surface area contributed by atoms with Crippen LogP contribution < -0.4 is 5.56 Å². The lowest BCUT2D eigenvalue weighted by atomic mass is 10.0. The topological polar surface area (TPSA) is 58.4 Å². The second kappa shape index (κ2) is 15.5. The van der Waals surface area contributed by atoms with E-state index in [1.165, 1.54) is 62.4 Å². The van der Waals surface area contributed by atoms with Gasteiger partial charge < -0.3 is 14.4 Å². The number of benzene rings is 3. The van der Waals surface area contributed by atoms with Gasteiger partial charge in [-0.15, -0.1) is 0 Å². The maximum atomic E-state index is 14.9. The third-order valence-electron chi connectivity index (χ3n) is 7.36. The molecule has 1 aromatic heterocycles. The first-order valence-corrected chi connectivity index (χ1v) is 16.0. The van der Waals surface area contributed by atoms with Crippen molar-refractivity contribution in [1.29, 1.82) is 0 Å². The second-order valence-corrected chi connectivity index (χ2v) is 11.7. The molecule has 0 aliphatic heterocycles. The first kappa shape index (κ1) is 23.4. The summed E-state index contributed by atoms with van der Waals surface area (Å²) in [5.41, 5.74) is -2.95. The zero-order valence-electron chi connectivity index (χ0n) is 37.3. The van der Waals surface area contributed by atoms with Crippen molar-refractivity contribution in [3.05, 3.63) is 117 Å². The third-order valence-corrected chi connectivity index (χ3v) is 8.37. The summed E-state index contributed by atoms with van der Waals surface area (Å²) in [5.74, 6) is -5.33. The number of nitrogens with zero attached hydrogens (tertiary/aromatic N) is 4. The normalized spacial score (nSPS) is 22.3. The van der Waals surface area contributed by atoms with E-state index in [0.717, 1.165) is 36.1 Å². The highest BCUT2D eigenvalue weighted by atomic mass is 32.2. The van der Waals surface area contributed by atoms with Crippen molar-refractivity contribution in [3.8, 4) is 11.1 Å². The molecule has 5 rings (SSSR count). The quantitative estimate of drug-likeness (QED) is 0.0828. The number of alkyl halides is 3. The molecule has 0 bridgehead atoms. The van der Waals surface area contributed by atoms with Gasteiger partial charge in [0.15, 0.2) is 5.16 Å². The molecule has 11 heteroatoms. The Labute approximate surface area is 298 Å². The van der Waals surface area contributed by atoms with Crippen molar-refractivity contribution in [1.82, 2.24) is 19.4 Å². The van der Waals surface area contributed by atoms with Crippen molar-refractivity contribution in [2.75, 3.05) is 26.1 Å². The molecule has 4 aromatic rings. The Bertz CT molecular complexity index is 2250. The largest absolute Gasteiger partial charge is 0.416 e. The highest BCUT2D eigenvalue weighted by Crippen LogP contribution is 2.32. The molecule has 6 nitrogen and oxygen atoms in total. The summed E-state index contributed by atoms with van der Waals surface area (Å²) in [4.78, 5) is 33.7. The van der Waals surface area contributed by atoms with E-state index in [1.807, 2.05) is 0 Å². The van der Waals surface area contributed by atoms with Crippen LogP contribution in [-0.4, -0.2) is 51.3 Å². The highest BCUT2D eigenvalue weighted by molar-refractivity contribution is 7.98. The molecule has 1 aliphatic rings. The predicted octanol–water partition coefficient (Wildman–Crippen LogP) is 7.47. The van der Waals surface area contributed by atoms with E-state index in [0.29, 0.717) is 33.0 Å². The number of fused-ring (bicyclic) bond motifs is 1. The Balaban J connectivity index is 1.69. The van der Waals surface area contributed by atoms with Gasteiger partial charge in [0.05, 0.1) is 11.0 Å². The molecule has 0 spiro atoms. The maximum Gasteiger partial charge on any atom is 0.416 e. The molecule has 1 atom stereocenters. The summed E-state index contributed by atoms with van der Waals surface area (Å²) in [6.07, 6.45) is -10.9. The Morgan fingerprint density at radius 3 is 2.19 bits per heavy atom. The van der Waals surface area contributed by atoms with Crippen LogP contribution in [0.3, 0.4) is 0 Å². The molecule has 1 unspecified atom stereocenters. The molecule has 0 saturated carbocycles. The fourth-order valence-corrected chi connectivity index (χ4v) is 5.63. The van der Waals surface area contributed by atoms with Gasteiger partial charge in [0, 0.05) is 46.1 Å². The Morgan fingerprint density at radius 2 is 1.58 bits per heavy atom. The molecule has 1 heterocycles. The molecule has 0 radical (unpaired) electrons. The molecular weight excluding hydrogens is 640 g/mol. The molecule has 0 saturated heterocycles. The van der Waals surface area contributed by atoms with Crippen LogP contribution >= 0.6 is 11.8 Å². The van der Waals surface area contributed by atoms with Crippen LogP contribution in [0.15, 0.2) is 82.7 Å². The summed E-state index contributed by atoms with van der Waals surface area (Å²) >= 11 is 0.604. The molecule has 3 aromatic carbocycles. The minimum Gasteiger partial charge on any atom is -0.336 e. The number of aromatic nitrogens is 2. The van der Waals surface area contributed by atoms with E-state index in [4.69, 9.17) is 9.60 Å². The molecule has 1 amide bonds. The van der Waals surface area contributed by atoms with Gasteiger partial charge in [0.25, 0.3) is 5.56 Å². The minimum atomic E-state index is -4.57. The van der Waals surface area contributed by atoms with Gasteiger partial charge in [-0.3, -0.25) is 9.59 Å². The molecular formula is C37H40F4N4O2S. The number of carbonyl (C=O) groups excluding carboxylic acids is 1. The number of thioether (sulfide) groups is 1. The smallest absolute Gasteiger partial charge is 0.336 e. The van der Waals surface area contributed by atoms with Crippen molar-refractivity contribution in [2.45, 2.75) is 63.6 Å². The van der Waals surface area contributed by atoms with Crippen molar-refractivity contribution in [3.63, 3.8) is 0 Å². The first-order valence-electron chi connectivity index (χ1n) is 20.5. The number of halogens is 4. The monoisotopic (exact) mass is 691 g/mol. The highest BCUT2D eigenvalue weighted by Gasteiger charge is 2.30. The number of hydrogen-bond acceptors (Lipinski definition) is 5.